The number of aryl methyl sites for hydroxylation is 1. The van der Waals surface area contributed by atoms with Crippen molar-refractivity contribution in [2.45, 2.75) is 33.5 Å². The molecule has 0 saturated carbocycles. The zero-order chi connectivity index (χ0) is 15.4. The number of carbonyl (C=O) groups excluding carboxylic acids is 2. The number of nitrogens with zero attached hydrogens (tertiary/aromatic N) is 1. The minimum absolute atomic E-state index is 0.350. The van der Waals surface area contributed by atoms with Gasteiger partial charge in [-0.3, -0.25) is 9.59 Å². The van der Waals surface area contributed by atoms with E-state index in [0.29, 0.717) is 37.4 Å². The fraction of sp³-hybridized carbons (Fsp3) is 0.500. The Hall–Kier alpha value is -1.72. The first-order valence-electron chi connectivity index (χ1n) is 7.28. The lowest BCUT2D eigenvalue weighted by molar-refractivity contribution is -0.138. The number of Topliss-reactive ketones (excluding diaryl/α,β-unsaturated/α-hetero) is 1. The number of rotatable bonds is 7. The van der Waals surface area contributed by atoms with E-state index in [1.807, 2.05) is 32.9 Å². The lowest BCUT2D eigenvalue weighted by Crippen LogP contribution is -2.33. The zero-order valence-corrected chi connectivity index (χ0v) is 12.7. The van der Waals surface area contributed by atoms with Gasteiger partial charge in [0, 0.05) is 26.2 Å². The van der Waals surface area contributed by atoms with E-state index in [1.54, 1.807) is 6.07 Å². The molecule has 1 aromatic rings. The van der Waals surface area contributed by atoms with Crippen molar-refractivity contribution in [2.24, 2.45) is 0 Å². The van der Waals surface area contributed by atoms with Crippen LogP contribution in [0.15, 0.2) is 18.2 Å². The van der Waals surface area contributed by atoms with Crippen molar-refractivity contribution in [2.75, 3.05) is 24.7 Å². The van der Waals surface area contributed by atoms with Crippen LogP contribution in [0.3, 0.4) is 0 Å². The van der Waals surface area contributed by atoms with Crippen molar-refractivity contribution in [1.29, 1.82) is 0 Å². The van der Waals surface area contributed by atoms with Gasteiger partial charge in [0.15, 0.2) is 6.29 Å². The summed E-state index contributed by atoms with van der Waals surface area (Å²) < 4.78 is 10.9. The second kappa shape index (κ2) is 6.83. The molecular weight excluding hydrogens is 270 g/mol. The first-order chi connectivity index (χ1) is 10.1. The Bertz CT molecular complexity index is 535. The van der Waals surface area contributed by atoms with Crippen LogP contribution in [-0.2, 0) is 14.3 Å². The summed E-state index contributed by atoms with van der Waals surface area (Å²) in [6, 6.07) is 5.49. The molecule has 0 unspecified atom stereocenters. The van der Waals surface area contributed by atoms with E-state index in [-0.39, 0.29) is 6.29 Å². The second-order valence-electron chi connectivity index (χ2n) is 4.94. The van der Waals surface area contributed by atoms with Crippen molar-refractivity contribution in [1.82, 2.24) is 0 Å². The number of carbonyl (C=O) groups is 2. The summed E-state index contributed by atoms with van der Waals surface area (Å²) in [5.74, 6) is -0.902. The number of anilines is 1. The first kappa shape index (κ1) is 15.7. The monoisotopic (exact) mass is 291 g/mol. The second-order valence-corrected chi connectivity index (χ2v) is 4.94. The van der Waals surface area contributed by atoms with Gasteiger partial charge < -0.3 is 14.4 Å². The van der Waals surface area contributed by atoms with Gasteiger partial charge in [0.2, 0.25) is 0 Å². The van der Waals surface area contributed by atoms with Gasteiger partial charge in [-0.2, -0.15) is 0 Å². The topological polar surface area (TPSA) is 55.8 Å². The molecule has 0 aliphatic carbocycles. The highest BCUT2D eigenvalue weighted by molar-refractivity contribution is 6.52. The minimum Gasteiger partial charge on any atom is -0.353 e. The van der Waals surface area contributed by atoms with Crippen molar-refractivity contribution >= 4 is 17.4 Å². The van der Waals surface area contributed by atoms with Crippen LogP contribution in [0.25, 0.3) is 0 Å². The molecule has 1 aliphatic rings. The summed E-state index contributed by atoms with van der Waals surface area (Å²) in [5.41, 5.74) is 2.14. The summed E-state index contributed by atoms with van der Waals surface area (Å²) in [4.78, 5) is 25.6. The highest BCUT2D eigenvalue weighted by atomic mass is 16.7. The van der Waals surface area contributed by atoms with E-state index in [2.05, 4.69) is 0 Å². The molecule has 0 spiro atoms. The maximum atomic E-state index is 12.1. The maximum Gasteiger partial charge on any atom is 0.299 e. The van der Waals surface area contributed by atoms with E-state index in [4.69, 9.17) is 9.47 Å². The standard InChI is InChI=1S/C16H21NO4/c1-4-20-14(21-5-2)8-9-17-13-7-6-11(3)10-12(13)15(18)16(17)19/h6-7,10,14H,4-5,8-9H2,1-3H3. The Labute approximate surface area is 124 Å². The fourth-order valence-corrected chi connectivity index (χ4v) is 2.46. The van der Waals surface area contributed by atoms with Crippen LogP contribution in [0, 0.1) is 6.92 Å². The summed E-state index contributed by atoms with van der Waals surface area (Å²) in [6.07, 6.45) is 0.186. The summed E-state index contributed by atoms with van der Waals surface area (Å²) in [5, 5.41) is 0. The summed E-state index contributed by atoms with van der Waals surface area (Å²) in [7, 11) is 0. The normalized spacial score (nSPS) is 14.2. The Kier molecular flexibility index (Phi) is 5.09. The number of ketones is 1. The Balaban J connectivity index is 2.11. The van der Waals surface area contributed by atoms with Crippen molar-refractivity contribution in [3.05, 3.63) is 29.3 Å². The van der Waals surface area contributed by atoms with Gasteiger partial charge >= 0.3 is 0 Å². The smallest absolute Gasteiger partial charge is 0.299 e. The number of amides is 1. The predicted octanol–water partition coefficient (Wildman–Crippen LogP) is 2.31. The highest BCUT2D eigenvalue weighted by Gasteiger charge is 2.35. The van der Waals surface area contributed by atoms with Crippen molar-refractivity contribution < 1.29 is 19.1 Å². The fourth-order valence-electron chi connectivity index (χ4n) is 2.46. The average Bonchev–Trinajstić information content (AvgIpc) is 2.69. The molecule has 5 nitrogen and oxygen atoms in total. The SMILES string of the molecule is CCOC(CCN1C(=O)C(=O)c2cc(C)ccc21)OCC. The van der Waals surface area contributed by atoms with Gasteiger partial charge in [0.1, 0.15) is 0 Å². The molecule has 0 radical (unpaired) electrons. The van der Waals surface area contributed by atoms with Crippen molar-refractivity contribution in [3.63, 3.8) is 0 Å². The van der Waals surface area contributed by atoms with Crippen LogP contribution in [0.5, 0.6) is 0 Å². The quantitative estimate of drug-likeness (QED) is 0.571. The van der Waals surface area contributed by atoms with E-state index in [9.17, 15) is 9.59 Å². The lowest BCUT2D eigenvalue weighted by Gasteiger charge is -2.21. The Morgan fingerprint density at radius 3 is 2.43 bits per heavy atom. The average molecular weight is 291 g/mol. The maximum absolute atomic E-state index is 12.1. The van der Waals surface area contributed by atoms with E-state index in [0.717, 1.165) is 5.56 Å². The molecule has 0 N–H and O–H groups in total. The van der Waals surface area contributed by atoms with Gasteiger partial charge in [-0.15, -0.1) is 0 Å². The summed E-state index contributed by atoms with van der Waals surface area (Å²) >= 11 is 0. The largest absolute Gasteiger partial charge is 0.353 e. The van der Waals surface area contributed by atoms with Crippen LogP contribution >= 0.6 is 0 Å². The lowest BCUT2D eigenvalue weighted by atomic mass is 10.1. The Morgan fingerprint density at radius 2 is 1.81 bits per heavy atom. The van der Waals surface area contributed by atoms with Gasteiger partial charge in [0.05, 0.1) is 11.3 Å². The number of hydrogen-bond acceptors (Lipinski definition) is 4. The van der Waals surface area contributed by atoms with Crippen LogP contribution < -0.4 is 4.90 Å². The molecule has 0 bridgehead atoms. The molecule has 1 aliphatic heterocycles. The van der Waals surface area contributed by atoms with Gasteiger partial charge in [-0.25, -0.2) is 0 Å². The Morgan fingerprint density at radius 1 is 1.14 bits per heavy atom. The molecule has 5 heteroatoms. The zero-order valence-electron chi connectivity index (χ0n) is 12.7. The van der Waals surface area contributed by atoms with Crippen LogP contribution in [0.2, 0.25) is 0 Å². The molecule has 1 aromatic carbocycles. The molecule has 0 atom stereocenters. The number of benzene rings is 1. The third-order valence-electron chi connectivity index (χ3n) is 3.42. The molecule has 114 valence electrons. The molecule has 0 fully saturated rings. The van der Waals surface area contributed by atoms with E-state index < -0.39 is 11.7 Å². The highest BCUT2D eigenvalue weighted by Crippen LogP contribution is 2.30. The number of fused-ring (bicyclic) bond motifs is 1. The third kappa shape index (κ3) is 3.31. The van der Waals surface area contributed by atoms with Crippen LogP contribution in [0.1, 0.15) is 36.2 Å². The molecule has 2 rings (SSSR count). The molecule has 1 heterocycles. The van der Waals surface area contributed by atoms with Crippen LogP contribution in [0.4, 0.5) is 5.69 Å². The van der Waals surface area contributed by atoms with Crippen LogP contribution in [-0.4, -0.2) is 37.7 Å². The molecule has 21 heavy (non-hydrogen) atoms. The van der Waals surface area contributed by atoms with Gasteiger partial charge in [-0.05, 0) is 32.9 Å². The molecule has 0 aromatic heterocycles. The molecule has 0 saturated heterocycles. The van der Waals surface area contributed by atoms with Gasteiger partial charge in [0.25, 0.3) is 11.7 Å². The number of ether oxygens (including phenoxy) is 2. The molecule has 1 amide bonds. The third-order valence-corrected chi connectivity index (χ3v) is 3.42. The first-order valence-corrected chi connectivity index (χ1v) is 7.28. The minimum atomic E-state index is -0.470. The number of hydrogen-bond donors (Lipinski definition) is 0. The predicted molar refractivity (Wildman–Crippen MR) is 79.5 cm³/mol. The summed E-state index contributed by atoms with van der Waals surface area (Å²) in [6.45, 7) is 7.20. The van der Waals surface area contributed by atoms with Gasteiger partial charge in [-0.1, -0.05) is 11.6 Å². The molecular formula is C16H21NO4. The van der Waals surface area contributed by atoms with E-state index >= 15 is 0 Å². The van der Waals surface area contributed by atoms with Crippen molar-refractivity contribution in [3.8, 4) is 0 Å². The van der Waals surface area contributed by atoms with E-state index in [1.165, 1.54) is 4.90 Å².